The Morgan fingerprint density at radius 3 is 2.38 bits per heavy atom. The van der Waals surface area contributed by atoms with Gasteiger partial charge in [0.15, 0.2) is 33.0 Å². The van der Waals surface area contributed by atoms with E-state index in [0.29, 0.717) is 22.6 Å². The molecule has 2 aromatic carbocycles. The molecule has 1 heterocycles. The second-order valence-corrected chi connectivity index (χ2v) is 10.7. The summed E-state index contributed by atoms with van der Waals surface area (Å²) in [4.78, 5) is 27.1. The van der Waals surface area contributed by atoms with E-state index >= 15 is 0 Å². The number of aliphatic carboxylic acids is 1. The van der Waals surface area contributed by atoms with Crippen LogP contribution in [0.15, 0.2) is 47.4 Å². The molecule has 0 spiro atoms. The van der Waals surface area contributed by atoms with Gasteiger partial charge in [-0.05, 0) is 48.2 Å². The molecule has 0 saturated carbocycles. The lowest BCUT2D eigenvalue weighted by Crippen LogP contribution is -2.65. The number of nitrogens with zero attached hydrogens (tertiary/aromatic N) is 1. The van der Waals surface area contributed by atoms with Crippen LogP contribution < -0.4 is 25.8 Å². The number of nitrogens with one attached hydrogen (secondary N) is 3. The number of ether oxygens (including phenoxy) is 2. The molecule has 2 aromatic rings. The van der Waals surface area contributed by atoms with E-state index in [4.69, 9.17) is 20.6 Å². The maximum absolute atomic E-state index is 12.9. The second-order valence-electron chi connectivity index (χ2n) is 8.67. The lowest BCUT2D eigenvalue weighted by atomic mass is 9.98. The maximum Gasteiger partial charge on any atom is 0.344 e. The van der Waals surface area contributed by atoms with Crippen molar-refractivity contribution in [2.24, 2.45) is 5.73 Å². The third kappa shape index (κ3) is 6.89. The van der Waals surface area contributed by atoms with Crippen LogP contribution in [0.4, 0.5) is 0 Å². The molecule has 13 heteroatoms. The van der Waals surface area contributed by atoms with Gasteiger partial charge in [-0.1, -0.05) is 18.2 Å². The Labute approximate surface area is 215 Å². The molecular formula is C24H31N5O7S. The molecule has 0 bridgehead atoms. The molecule has 37 heavy (non-hydrogen) atoms. The van der Waals surface area contributed by atoms with Gasteiger partial charge in [-0.2, -0.15) is 0 Å². The quantitative estimate of drug-likeness (QED) is 0.114. The van der Waals surface area contributed by atoms with Gasteiger partial charge in [-0.15, -0.1) is 0 Å². The summed E-state index contributed by atoms with van der Waals surface area (Å²) in [6.45, 7) is 1.61. The van der Waals surface area contributed by atoms with Gasteiger partial charge >= 0.3 is 5.97 Å². The minimum Gasteiger partial charge on any atom is -0.478 e. The molecule has 0 unspecified atom stereocenters. The number of carbonyl (C=O) groups excluding carboxylic acids is 1. The van der Waals surface area contributed by atoms with E-state index in [1.54, 1.807) is 30.3 Å². The molecule has 1 aliphatic heterocycles. The Hall–Kier alpha value is -3.84. The fourth-order valence-electron chi connectivity index (χ4n) is 4.02. The van der Waals surface area contributed by atoms with E-state index in [0.717, 1.165) is 6.26 Å². The highest BCUT2D eigenvalue weighted by molar-refractivity contribution is 7.90. The molecule has 0 radical (unpaired) electrons. The Morgan fingerprint density at radius 2 is 1.78 bits per heavy atom. The normalized spacial score (nSPS) is 14.0. The summed E-state index contributed by atoms with van der Waals surface area (Å²) in [5, 5.41) is 23.5. The van der Waals surface area contributed by atoms with Gasteiger partial charge in [0.05, 0.1) is 4.90 Å². The van der Waals surface area contributed by atoms with E-state index in [9.17, 15) is 23.1 Å². The Bertz CT molecular complexity index is 1270. The number of sulfone groups is 1. The molecule has 1 amide bonds. The zero-order valence-electron chi connectivity index (χ0n) is 20.6. The summed E-state index contributed by atoms with van der Waals surface area (Å²) >= 11 is 0. The van der Waals surface area contributed by atoms with Gasteiger partial charge in [-0.25, -0.2) is 13.2 Å². The monoisotopic (exact) mass is 533 g/mol. The average Bonchev–Trinajstić information content (AvgIpc) is 3.30. The number of rotatable bonds is 12. The second kappa shape index (κ2) is 11.5. The first kappa shape index (κ1) is 27.7. The minimum absolute atomic E-state index is 0.00579. The SMILES string of the molecule is CC(=O)N(Cc1ccc2c(c1)OCO2)[C@](CCCNC(=N)N)(NCc1ccc(S(C)(=O)=O)cc1)C(=O)O. The van der Waals surface area contributed by atoms with Crippen LogP contribution in [0.25, 0.3) is 0 Å². The molecule has 0 aliphatic carbocycles. The van der Waals surface area contributed by atoms with E-state index < -0.39 is 27.4 Å². The third-order valence-electron chi connectivity index (χ3n) is 5.94. The number of amides is 1. The lowest BCUT2D eigenvalue weighted by Gasteiger charge is -2.41. The first-order valence-electron chi connectivity index (χ1n) is 11.4. The molecule has 1 atom stereocenters. The first-order chi connectivity index (χ1) is 17.4. The molecule has 0 aromatic heterocycles. The standard InChI is InChI=1S/C24H31N5O7S/c1-16(30)29(14-18-6-9-20-21(12-18)36-15-35-20)24(22(31)32,10-3-11-27-23(25)26)28-13-17-4-7-19(8-5-17)37(2,33)34/h4-9,12,28H,3,10-11,13-15H2,1-2H3,(H,31,32)(H4,25,26,27)/t24-/m0/s1. The van der Waals surface area contributed by atoms with Crippen LogP contribution in [0.2, 0.25) is 0 Å². The van der Waals surface area contributed by atoms with Crippen LogP contribution in [0.3, 0.4) is 0 Å². The summed E-state index contributed by atoms with van der Waals surface area (Å²) in [6.07, 6.45) is 1.37. The topological polar surface area (TPSA) is 184 Å². The fourth-order valence-corrected chi connectivity index (χ4v) is 4.65. The molecular weight excluding hydrogens is 502 g/mol. The van der Waals surface area contributed by atoms with Crippen molar-refractivity contribution in [3.63, 3.8) is 0 Å². The number of hydrogen-bond acceptors (Lipinski definition) is 8. The van der Waals surface area contributed by atoms with Crippen LogP contribution in [-0.2, 0) is 32.5 Å². The Balaban J connectivity index is 1.91. The molecule has 0 saturated heterocycles. The summed E-state index contributed by atoms with van der Waals surface area (Å²) in [6, 6.07) is 11.2. The van der Waals surface area contributed by atoms with Crippen molar-refractivity contribution < 1.29 is 32.6 Å². The maximum atomic E-state index is 12.9. The van der Waals surface area contributed by atoms with Crippen LogP contribution in [0.5, 0.6) is 11.5 Å². The van der Waals surface area contributed by atoms with Crippen molar-refractivity contribution in [1.82, 2.24) is 15.5 Å². The van der Waals surface area contributed by atoms with Gasteiger partial charge in [-0.3, -0.25) is 15.5 Å². The van der Waals surface area contributed by atoms with Crippen LogP contribution in [0, 0.1) is 5.41 Å². The van der Waals surface area contributed by atoms with Gasteiger partial charge in [0.1, 0.15) is 0 Å². The summed E-state index contributed by atoms with van der Waals surface area (Å²) in [5.41, 5.74) is 4.80. The van der Waals surface area contributed by atoms with Crippen molar-refractivity contribution in [2.45, 2.75) is 43.4 Å². The predicted molar refractivity (Wildman–Crippen MR) is 135 cm³/mol. The number of carboxylic acid groups (broad SMARTS) is 1. The molecule has 200 valence electrons. The van der Waals surface area contributed by atoms with Crippen molar-refractivity contribution in [2.75, 3.05) is 19.6 Å². The highest BCUT2D eigenvalue weighted by atomic mass is 32.2. The van der Waals surface area contributed by atoms with Crippen LogP contribution in [0.1, 0.15) is 30.9 Å². The average molecular weight is 534 g/mol. The third-order valence-corrected chi connectivity index (χ3v) is 7.07. The zero-order valence-corrected chi connectivity index (χ0v) is 21.4. The Kier molecular flexibility index (Phi) is 8.61. The van der Waals surface area contributed by atoms with Crippen LogP contribution >= 0.6 is 0 Å². The number of nitrogens with two attached hydrogens (primary N) is 1. The van der Waals surface area contributed by atoms with E-state index in [1.165, 1.54) is 24.0 Å². The number of carboxylic acids is 1. The van der Waals surface area contributed by atoms with Gasteiger partial charge in [0, 0.05) is 32.8 Å². The number of fused-ring (bicyclic) bond motifs is 1. The number of guanidine groups is 1. The molecule has 0 fully saturated rings. The first-order valence-corrected chi connectivity index (χ1v) is 13.3. The summed E-state index contributed by atoms with van der Waals surface area (Å²) < 4.78 is 34.3. The fraction of sp³-hybridized carbons (Fsp3) is 0.375. The molecule has 3 rings (SSSR count). The zero-order chi connectivity index (χ0) is 27.2. The van der Waals surface area contributed by atoms with Gasteiger partial charge < -0.3 is 30.5 Å². The van der Waals surface area contributed by atoms with E-state index in [1.807, 2.05) is 0 Å². The number of carbonyl (C=O) groups is 2. The predicted octanol–water partition coefficient (Wildman–Crippen LogP) is 1.00. The number of benzene rings is 2. The van der Waals surface area contributed by atoms with Gasteiger partial charge in [0.25, 0.3) is 0 Å². The minimum atomic E-state index is -3.38. The van der Waals surface area contributed by atoms with Crippen LogP contribution in [-0.4, -0.2) is 61.5 Å². The smallest absolute Gasteiger partial charge is 0.344 e. The van der Waals surface area contributed by atoms with E-state index in [2.05, 4.69) is 10.6 Å². The van der Waals surface area contributed by atoms with Crippen molar-refractivity contribution >= 4 is 27.7 Å². The highest BCUT2D eigenvalue weighted by Gasteiger charge is 2.45. The molecule has 1 aliphatic rings. The van der Waals surface area contributed by atoms with Crippen molar-refractivity contribution in [3.05, 3.63) is 53.6 Å². The van der Waals surface area contributed by atoms with Gasteiger partial charge in [0.2, 0.25) is 12.7 Å². The van der Waals surface area contributed by atoms with E-state index in [-0.39, 0.29) is 50.1 Å². The summed E-state index contributed by atoms with van der Waals surface area (Å²) in [5.74, 6) is -0.915. The van der Waals surface area contributed by atoms with Crippen molar-refractivity contribution in [3.8, 4) is 11.5 Å². The van der Waals surface area contributed by atoms with Crippen molar-refractivity contribution in [1.29, 1.82) is 5.41 Å². The Morgan fingerprint density at radius 1 is 1.14 bits per heavy atom. The summed E-state index contributed by atoms with van der Waals surface area (Å²) in [7, 11) is -3.38. The lowest BCUT2D eigenvalue weighted by molar-refractivity contribution is -0.163. The largest absolute Gasteiger partial charge is 0.478 e. The highest BCUT2D eigenvalue weighted by Crippen LogP contribution is 2.34. The molecule has 6 N–H and O–H groups in total. The number of hydrogen-bond donors (Lipinski definition) is 5. The molecule has 12 nitrogen and oxygen atoms in total.